The van der Waals surface area contributed by atoms with Gasteiger partial charge in [-0.15, -0.1) is 0 Å². The lowest BCUT2D eigenvalue weighted by Gasteiger charge is -2.31. The van der Waals surface area contributed by atoms with E-state index in [-0.39, 0.29) is 29.4 Å². The van der Waals surface area contributed by atoms with Gasteiger partial charge in [-0.2, -0.15) is 0 Å². The molecular formula is C15H19NO4S. The maximum Gasteiger partial charge on any atom is 0.229 e. The van der Waals surface area contributed by atoms with E-state index in [1.807, 2.05) is 24.3 Å². The predicted molar refractivity (Wildman–Crippen MR) is 79.0 cm³/mol. The first kappa shape index (κ1) is 14.4. The predicted octanol–water partition coefficient (Wildman–Crippen LogP) is 0.883. The molecule has 1 aromatic carbocycles. The SMILES string of the molecule is CN(C(=O)[C@@H]1COc2ccccc2C1)[C@@H]1CCS(=O)(=O)C1. The molecule has 2 atom stereocenters. The fraction of sp³-hybridized carbons (Fsp3) is 0.533. The van der Waals surface area contributed by atoms with E-state index in [0.29, 0.717) is 19.4 Å². The normalized spacial score (nSPS) is 26.7. The number of rotatable bonds is 2. The van der Waals surface area contributed by atoms with Gasteiger partial charge in [0.2, 0.25) is 5.91 Å². The minimum atomic E-state index is -2.98. The van der Waals surface area contributed by atoms with Crippen molar-refractivity contribution in [2.75, 3.05) is 25.2 Å². The summed E-state index contributed by atoms with van der Waals surface area (Å²) in [6.07, 6.45) is 1.19. The third-order valence-corrected chi connectivity index (χ3v) is 6.08. The van der Waals surface area contributed by atoms with Gasteiger partial charge in [0.1, 0.15) is 12.4 Å². The molecule has 0 unspecified atom stereocenters. The molecule has 0 aromatic heterocycles. The second kappa shape index (κ2) is 5.33. The molecule has 0 saturated carbocycles. The van der Waals surface area contributed by atoms with Gasteiger partial charge < -0.3 is 9.64 Å². The topological polar surface area (TPSA) is 63.7 Å². The number of amides is 1. The minimum absolute atomic E-state index is 0.0217. The minimum Gasteiger partial charge on any atom is -0.492 e. The molecule has 2 aliphatic rings. The first-order valence-corrected chi connectivity index (χ1v) is 8.96. The van der Waals surface area contributed by atoms with E-state index in [1.54, 1.807) is 11.9 Å². The van der Waals surface area contributed by atoms with Gasteiger partial charge in [-0.25, -0.2) is 8.42 Å². The third kappa shape index (κ3) is 2.90. The van der Waals surface area contributed by atoms with Crippen molar-refractivity contribution in [3.05, 3.63) is 29.8 Å². The van der Waals surface area contributed by atoms with Gasteiger partial charge in [-0.3, -0.25) is 4.79 Å². The number of fused-ring (bicyclic) bond motifs is 1. The van der Waals surface area contributed by atoms with Crippen molar-refractivity contribution in [1.29, 1.82) is 0 Å². The highest BCUT2D eigenvalue weighted by Gasteiger charge is 2.36. The quantitative estimate of drug-likeness (QED) is 0.814. The summed E-state index contributed by atoms with van der Waals surface area (Å²) < 4.78 is 28.7. The summed E-state index contributed by atoms with van der Waals surface area (Å²) in [5, 5.41) is 0. The Bertz CT molecular complexity index is 655. The van der Waals surface area contributed by atoms with Crippen molar-refractivity contribution < 1.29 is 17.9 Å². The van der Waals surface area contributed by atoms with E-state index in [2.05, 4.69) is 0 Å². The van der Waals surface area contributed by atoms with Crippen LogP contribution in [0.5, 0.6) is 5.75 Å². The second-order valence-electron chi connectivity index (χ2n) is 5.83. The summed E-state index contributed by atoms with van der Waals surface area (Å²) in [4.78, 5) is 14.2. The van der Waals surface area contributed by atoms with Crippen LogP contribution in [0.2, 0.25) is 0 Å². The van der Waals surface area contributed by atoms with Gasteiger partial charge >= 0.3 is 0 Å². The Morgan fingerprint density at radius 3 is 2.81 bits per heavy atom. The molecule has 0 radical (unpaired) electrons. The monoisotopic (exact) mass is 309 g/mol. The number of hydrogen-bond acceptors (Lipinski definition) is 4. The van der Waals surface area contributed by atoms with Crippen LogP contribution in [-0.2, 0) is 21.1 Å². The van der Waals surface area contributed by atoms with E-state index >= 15 is 0 Å². The van der Waals surface area contributed by atoms with Crippen LogP contribution in [0.15, 0.2) is 24.3 Å². The van der Waals surface area contributed by atoms with Crippen molar-refractivity contribution in [2.45, 2.75) is 18.9 Å². The van der Waals surface area contributed by atoms with Crippen LogP contribution < -0.4 is 4.74 Å². The van der Waals surface area contributed by atoms with Gasteiger partial charge in [0, 0.05) is 13.1 Å². The molecular weight excluding hydrogens is 290 g/mol. The van der Waals surface area contributed by atoms with Crippen molar-refractivity contribution in [1.82, 2.24) is 4.90 Å². The van der Waals surface area contributed by atoms with Crippen LogP contribution in [0.4, 0.5) is 0 Å². The molecule has 1 aromatic rings. The average Bonchev–Trinajstić information content (AvgIpc) is 2.85. The summed E-state index contributed by atoms with van der Waals surface area (Å²) in [7, 11) is -1.28. The lowest BCUT2D eigenvalue weighted by Crippen LogP contribution is -2.44. The smallest absolute Gasteiger partial charge is 0.229 e. The van der Waals surface area contributed by atoms with E-state index in [0.717, 1.165) is 11.3 Å². The number of nitrogens with zero attached hydrogens (tertiary/aromatic N) is 1. The number of ether oxygens (including phenoxy) is 1. The van der Waals surface area contributed by atoms with Crippen molar-refractivity contribution >= 4 is 15.7 Å². The fourth-order valence-electron chi connectivity index (χ4n) is 3.04. The van der Waals surface area contributed by atoms with Crippen LogP contribution in [0.25, 0.3) is 0 Å². The Morgan fingerprint density at radius 2 is 2.10 bits per heavy atom. The second-order valence-corrected chi connectivity index (χ2v) is 8.05. The molecule has 1 amide bonds. The molecule has 2 aliphatic heterocycles. The molecule has 1 saturated heterocycles. The maximum atomic E-state index is 12.6. The van der Waals surface area contributed by atoms with Crippen LogP contribution in [0.3, 0.4) is 0 Å². The summed E-state index contributed by atoms with van der Waals surface area (Å²) in [6.45, 7) is 0.361. The van der Waals surface area contributed by atoms with Crippen molar-refractivity contribution in [2.24, 2.45) is 5.92 Å². The van der Waals surface area contributed by atoms with Gasteiger partial charge in [-0.05, 0) is 24.5 Å². The highest BCUT2D eigenvalue weighted by molar-refractivity contribution is 7.91. The molecule has 2 heterocycles. The Morgan fingerprint density at radius 1 is 1.33 bits per heavy atom. The summed E-state index contributed by atoms with van der Waals surface area (Å²) >= 11 is 0. The molecule has 21 heavy (non-hydrogen) atoms. The van der Waals surface area contributed by atoms with Crippen LogP contribution in [-0.4, -0.2) is 50.4 Å². The number of benzene rings is 1. The highest BCUT2D eigenvalue weighted by Crippen LogP contribution is 2.28. The van der Waals surface area contributed by atoms with E-state index in [1.165, 1.54) is 0 Å². The zero-order chi connectivity index (χ0) is 15.0. The van der Waals surface area contributed by atoms with Crippen LogP contribution in [0, 0.1) is 5.92 Å². The third-order valence-electron chi connectivity index (χ3n) is 4.33. The maximum absolute atomic E-state index is 12.6. The number of sulfone groups is 1. The summed E-state index contributed by atoms with van der Waals surface area (Å²) in [5.41, 5.74) is 1.04. The summed E-state index contributed by atoms with van der Waals surface area (Å²) in [6, 6.07) is 7.52. The van der Waals surface area contributed by atoms with Gasteiger partial charge in [0.05, 0.1) is 17.4 Å². The molecule has 5 nitrogen and oxygen atoms in total. The van der Waals surface area contributed by atoms with Crippen molar-refractivity contribution in [3.8, 4) is 5.75 Å². The molecule has 1 fully saturated rings. The average molecular weight is 309 g/mol. The molecule has 0 aliphatic carbocycles. The lowest BCUT2D eigenvalue weighted by atomic mass is 9.95. The van der Waals surface area contributed by atoms with Gasteiger partial charge in [0.25, 0.3) is 0 Å². The first-order valence-electron chi connectivity index (χ1n) is 7.14. The van der Waals surface area contributed by atoms with Crippen molar-refractivity contribution in [3.63, 3.8) is 0 Å². The standard InChI is InChI=1S/C15H19NO4S/c1-16(13-6-7-21(18,19)10-13)15(17)12-8-11-4-2-3-5-14(11)20-9-12/h2-5,12-13H,6-10H2,1H3/t12-,13+/m0/s1. The van der Waals surface area contributed by atoms with Gasteiger partial charge in [0.15, 0.2) is 9.84 Å². The first-order chi connectivity index (χ1) is 9.96. The Labute approximate surface area is 124 Å². The van der Waals surface area contributed by atoms with Crippen LogP contribution in [0.1, 0.15) is 12.0 Å². The zero-order valence-corrected chi connectivity index (χ0v) is 12.8. The Balaban J connectivity index is 1.69. The van der Waals surface area contributed by atoms with Gasteiger partial charge in [-0.1, -0.05) is 18.2 Å². The lowest BCUT2D eigenvalue weighted by molar-refractivity contribution is -0.137. The van der Waals surface area contributed by atoms with E-state index < -0.39 is 9.84 Å². The number of carbonyl (C=O) groups is 1. The molecule has 0 bridgehead atoms. The Kier molecular flexibility index (Phi) is 3.65. The fourth-order valence-corrected chi connectivity index (χ4v) is 4.81. The van der Waals surface area contributed by atoms with E-state index in [9.17, 15) is 13.2 Å². The summed E-state index contributed by atoms with van der Waals surface area (Å²) in [5.74, 6) is 0.853. The molecule has 0 N–H and O–H groups in total. The molecule has 114 valence electrons. The zero-order valence-electron chi connectivity index (χ0n) is 12.0. The largest absolute Gasteiger partial charge is 0.492 e. The number of hydrogen-bond donors (Lipinski definition) is 0. The van der Waals surface area contributed by atoms with Crippen LogP contribution >= 0.6 is 0 Å². The Hall–Kier alpha value is -1.56. The molecule has 6 heteroatoms. The highest BCUT2D eigenvalue weighted by atomic mass is 32.2. The number of para-hydroxylation sites is 1. The molecule has 3 rings (SSSR count). The molecule has 0 spiro atoms. The van der Waals surface area contributed by atoms with E-state index in [4.69, 9.17) is 4.74 Å². The number of carbonyl (C=O) groups excluding carboxylic acids is 1.